The Morgan fingerprint density at radius 1 is 0.556 bits per heavy atom. The summed E-state index contributed by atoms with van der Waals surface area (Å²) in [7, 11) is 0. The molecule has 2 aliphatic carbocycles. The van der Waals surface area contributed by atoms with Crippen LogP contribution in [0.3, 0.4) is 0 Å². The Morgan fingerprint density at radius 2 is 0.926 bits per heavy atom. The summed E-state index contributed by atoms with van der Waals surface area (Å²) in [6, 6.07) is 1.60. The maximum Gasteiger partial charge on any atom is 0.0594 e. The van der Waals surface area contributed by atoms with Crippen molar-refractivity contribution in [2.75, 3.05) is 52.6 Å². The molecule has 4 aliphatic rings. The van der Waals surface area contributed by atoms with E-state index in [9.17, 15) is 0 Å². The number of hydrogen-bond acceptors (Lipinski definition) is 5. The topological polar surface area (TPSA) is 24.9 Å². The quantitative estimate of drug-likeness (QED) is 0.660. The Labute approximate surface area is 182 Å². The molecule has 0 aromatic carbocycles. The minimum Gasteiger partial charge on any atom is -0.379 e. The summed E-state index contributed by atoms with van der Waals surface area (Å²) in [6.45, 7) is 8.36. The van der Waals surface area contributed by atoms with Crippen LogP contribution in [-0.4, -0.2) is 85.0 Å². The van der Waals surface area contributed by atoms with E-state index in [1.807, 2.05) is 0 Å². The van der Waals surface area contributed by atoms with Crippen molar-refractivity contribution >= 4 is 36.6 Å². The van der Waals surface area contributed by atoms with E-state index in [1.54, 1.807) is 0 Å². The summed E-state index contributed by atoms with van der Waals surface area (Å²) in [5.41, 5.74) is 0. The van der Waals surface area contributed by atoms with Gasteiger partial charge in [-0.15, -0.1) is 24.8 Å². The molecule has 4 fully saturated rings. The van der Waals surface area contributed by atoms with Gasteiger partial charge in [0.15, 0.2) is 0 Å². The van der Waals surface area contributed by atoms with E-state index in [0.29, 0.717) is 0 Å². The lowest BCUT2D eigenvalue weighted by molar-refractivity contribution is 0.00790. The van der Waals surface area contributed by atoms with E-state index in [2.05, 4.69) is 21.6 Å². The van der Waals surface area contributed by atoms with Crippen LogP contribution < -0.4 is 0 Å². The zero-order chi connectivity index (χ0) is 16.9. The first-order chi connectivity index (χ1) is 12.4. The van der Waals surface area contributed by atoms with Gasteiger partial charge in [-0.2, -0.15) is 11.8 Å². The number of halogens is 2. The predicted octanol–water partition coefficient (Wildman–Crippen LogP) is 3.85. The second-order valence-corrected chi connectivity index (χ2v) is 9.70. The van der Waals surface area contributed by atoms with Crippen LogP contribution in [0.4, 0.5) is 0 Å². The molecule has 0 amide bonds. The van der Waals surface area contributed by atoms with Crippen molar-refractivity contribution < 1.29 is 9.47 Å². The van der Waals surface area contributed by atoms with Crippen molar-refractivity contribution in [3.63, 3.8) is 0 Å². The zero-order valence-electron chi connectivity index (χ0n) is 16.6. The summed E-state index contributed by atoms with van der Waals surface area (Å²) in [5, 5.41) is 1.69. The molecule has 4 nitrogen and oxygen atoms in total. The molecule has 0 aromatic heterocycles. The summed E-state index contributed by atoms with van der Waals surface area (Å²) < 4.78 is 11.2. The molecular weight excluding hydrogens is 403 g/mol. The number of thioether (sulfide) groups is 1. The Balaban J connectivity index is 0.00000131. The van der Waals surface area contributed by atoms with Gasteiger partial charge in [0.25, 0.3) is 0 Å². The van der Waals surface area contributed by atoms with Crippen LogP contribution >= 0.6 is 36.6 Å². The van der Waals surface area contributed by atoms with Gasteiger partial charge < -0.3 is 9.47 Å². The summed E-state index contributed by atoms with van der Waals surface area (Å²) in [5.74, 6) is 0. The maximum atomic E-state index is 5.61. The molecule has 7 heteroatoms. The molecule has 0 bridgehead atoms. The third-order valence-electron chi connectivity index (χ3n) is 6.71. The Kier molecular flexibility index (Phi) is 11.1. The van der Waals surface area contributed by atoms with Gasteiger partial charge in [-0.3, -0.25) is 9.80 Å². The van der Waals surface area contributed by atoms with Crippen LogP contribution in [0, 0.1) is 0 Å². The standard InChI is InChI=1S/C20H36N2O2S.2ClH/c1-3-7-19(17(5-1)21-9-13-23-14-10-21)25-20-8-4-2-6-18(20)22-11-15-24-16-12-22;;/h17-20H,1-16H2;2*1H. The van der Waals surface area contributed by atoms with E-state index in [1.165, 1.54) is 51.4 Å². The highest BCUT2D eigenvalue weighted by Crippen LogP contribution is 2.40. The van der Waals surface area contributed by atoms with E-state index in [0.717, 1.165) is 75.2 Å². The Bertz CT molecular complexity index is 373. The van der Waals surface area contributed by atoms with Crippen molar-refractivity contribution in [2.45, 2.75) is 74.0 Å². The fourth-order valence-electron chi connectivity index (χ4n) is 5.35. The fourth-order valence-corrected chi connectivity index (χ4v) is 7.38. The molecule has 2 aliphatic heterocycles. The molecule has 4 unspecified atom stereocenters. The lowest BCUT2D eigenvalue weighted by atomic mass is 9.92. The minimum atomic E-state index is 0. The first-order valence-electron chi connectivity index (χ1n) is 10.7. The van der Waals surface area contributed by atoms with Crippen LogP contribution in [0.25, 0.3) is 0 Å². The zero-order valence-corrected chi connectivity index (χ0v) is 19.0. The smallest absolute Gasteiger partial charge is 0.0594 e. The molecular formula is C20H38Cl2N2O2S. The molecule has 4 rings (SSSR count). The van der Waals surface area contributed by atoms with Crippen LogP contribution in [0.1, 0.15) is 51.4 Å². The molecule has 2 heterocycles. The van der Waals surface area contributed by atoms with Gasteiger partial charge in [-0.05, 0) is 25.7 Å². The van der Waals surface area contributed by atoms with Crippen LogP contribution in [0.15, 0.2) is 0 Å². The largest absolute Gasteiger partial charge is 0.379 e. The molecule has 0 aromatic rings. The molecule has 2 saturated carbocycles. The number of rotatable bonds is 4. The number of hydrogen-bond donors (Lipinski definition) is 0. The van der Waals surface area contributed by atoms with E-state index < -0.39 is 0 Å². The van der Waals surface area contributed by atoms with Crippen molar-refractivity contribution in [1.82, 2.24) is 9.80 Å². The van der Waals surface area contributed by atoms with E-state index in [4.69, 9.17) is 9.47 Å². The molecule has 0 spiro atoms. The van der Waals surface area contributed by atoms with Crippen molar-refractivity contribution in [3.8, 4) is 0 Å². The summed E-state index contributed by atoms with van der Waals surface area (Å²) in [4.78, 5) is 5.51. The fraction of sp³-hybridized carbons (Fsp3) is 1.00. The first kappa shape index (κ1) is 24.0. The highest BCUT2D eigenvalue weighted by atomic mass is 35.5. The highest BCUT2D eigenvalue weighted by molar-refractivity contribution is 8.00. The lowest BCUT2D eigenvalue weighted by Crippen LogP contribution is -2.52. The van der Waals surface area contributed by atoms with Gasteiger partial charge in [0.1, 0.15) is 0 Å². The van der Waals surface area contributed by atoms with Crippen molar-refractivity contribution in [2.24, 2.45) is 0 Å². The molecule has 0 radical (unpaired) electrons. The molecule has 27 heavy (non-hydrogen) atoms. The molecule has 160 valence electrons. The lowest BCUT2D eigenvalue weighted by Gasteiger charge is -2.46. The van der Waals surface area contributed by atoms with Crippen LogP contribution in [0.5, 0.6) is 0 Å². The van der Waals surface area contributed by atoms with E-state index in [-0.39, 0.29) is 24.8 Å². The van der Waals surface area contributed by atoms with Crippen molar-refractivity contribution in [3.05, 3.63) is 0 Å². The number of ether oxygens (including phenoxy) is 2. The molecule has 4 atom stereocenters. The maximum absolute atomic E-state index is 5.61. The van der Waals surface area contributed by atoms with Gasteiger partial charge in [0, 0.05) is 48.8 Å². The van der Waals surface area contributed by atoms with Crippen LogP contribution in [0.2, 0.25) is 0 Å². The average Bonchev–Trinajstić information content (AvgIpc) is 2.70. The summed E-state index contributed by atoms with van der Waals surface area (Å²) in [6.07, 6.45) is 11.4. The Hall–Kier alpha value is 0.770. The predicted molar refractivity (Wildman–Crippen MR) is 119 cm³/mol. The van der Waals surface area contributed by atoms with Gasteiger partial charge in [-0.25, -0.2) is 0 Å². The molecule has 2 saturated heterocycles. The normalized spacial score (nSPS) is 36.4. The number of morpholine rings is 2. The summed E-state index contributed by atoms with van der Waals surface area (Å²) >= 11 is 2.38. The highest BCUT2D eigenvalue weighted by Gasteiger charge is 2.37. The van der Waals surface area contributed by atoms with Gasteiger partial charge in [0.2, 0.25) is 0 Å². The second-order valence-electron chi connectivity index (χ2n) is 8.21. The van der Waals surface area contributed by atoms with Gasteiger partial charge in [0.05, 0.1) is 26.4 Å². The van der Waals surface area contributed by atoms with Gasteiger partial charge in [-0.1, -0.05) is 25.7 Å². The van der Waals surface area contributed by atoms with Gasteiger partial charge >= 0.3 is 0 Å². The number of nitrogens with zero attached hydrogens (tertiary/aromatic N) is 2. The second kappa shape index (κ2) is 12.5. The monoisotopic (exact) mass is 440 g/mol. The molecule has 0 N–H and O–H groups in total. The third-order valence-corrected chi connectivity index (χ3v) is 8.51. The van der Waals surface area contributed by atoms with Crippen LogP contribution in [-0.2, 0) is 9.47 Å². The van der Waals surface area contributed by atoms with Crippen molar-refractivity contribution in [1.29, 1.82) is 0 Å². The average molecular weight is 442 g/mol. The SMILES string of the molecule is C1CCC(N2CCOCC2)C(SC2CCCCC2N2CCOCC2)C1.Cl.Cl. The van der Waals surface area contributed by atoms with E-state index >= 15 is 0 Å². The first-order valence-corrected chi connectivity index (χ1v) is 11.6. The Morgan fingerprint density at radius 3 is 1.33 bits per heavy atom. The minimum absolute atomic E-state index is 0. The third kappa shape index (κ3) is 6.37.